The zero-order chi connectivity index (χ0) is 17.1. The van der Waals surface area contributed by atoms with Crippen molar-refractivity contribution in [3.8, 4) is 0 Å². The van der Waals surface area contributed by atoms with Crippen molar-refractivity contribution in [2.45, 2.75) is 18.6 Å². The van der Waals surface area contributed by atoms with Gasteiger partial charge in [-0.2, -0.15) is 0 Å². The third-order valence-electron chi connectivity index (χ3n) is 3.96. The number of likely N-dealkylation sites (tertiary alicyclic amines) is 1. The topological polar surface area (TPSA) is 92.0 Å². The number of amides is 1. The Kier molecular flexibility index (Phi) is 5.20. The van der Waals surface area contributed by atoms with Crippen molar-refractivity contribution in [2.24, 2.45) is 5.92 Å². The molecule has 0 spiro atoms. The van der Waals surface area contributed by atoms with E-state index in [0.717, 1.165) is 6.42 Å². The van der Waals surface area contributed by atoms with Gasteiger partial charge in [-0.05, 0) is 12.8 Å². The molecule has 1 atom stereocenters. The van der Waals surface area contributed by atoms with Crippen molar-refractivity contribution >= 4 is 39.9 Å². The molecule has 1 N–H and O–H groups in total. The van der Waals surface area contributed by atoms with Gasteiger partial charge in [0.2, 0.25) is 5.91 Å². The van der Waals surface area contributed by atoms with E-state index in [1.807, 2.05) is 0 Å². The SMILES string of the molecule is O=C(O)[C@H]1CCCN(C(=O)CSCc2cc(=O)n3ccsc3n2)C1. The summed E-state index contributed by atoms with van der Waals surface area (Å²) in [5.41, 5.74) is 0.533. The molecule has 7 nitrogen and oxygen atoms in total. The number of carboxylic acids is 1. The minimum absolute atomic E-state index is 0.0557. The molecular formula is C15H17N3O4S2. The Labute approximate surface area is 146 Å². The second-order valence-corrected chi connectivity index (χ2v) is 7.51. The Morgan fingerprint density at radius 3 is 3.08 bits per heavy atom. The molecule has 0 unspecified atom stereocenters. The maximum absolute atomic E-state index is 12.2. The number of fused-ring (bicyclic) bond motifs is 1. The van der Waals surface area contributed by atoms with Crippen LogP contribution in [0.1, 0.15) is 18.5 Å². The molecule has 1 fully saturated rings. The number of thiazole rings is 1. The monoisotopic (exact) mass is 367 g/mol. The summed E-state index contributed by atoms with van der Waals surface area (Å²) in [6, 6.07) is 1.48. The van der Waals surface area contributed by atoms with Gasteiger partial charge < -0.3 is 10.0 Å². The number of hydrogen-bond acceptors (Lipinski definition) is 6. The molecule has 1 saturated heterocycles. The summed E-state index contributed by atoms with van der Waals surface area (Å²) in [6.45, 7) is 0.902. The molecule has 0 aliphatic carbocycles. The maximum atomic E-state index is 12.2. The highest BCUT2D eigenvalue weighted by molar-refractivity contribution is 7.99. The molecule has 24 heavy (non-hydrogen) atoms. The van der Waals surface area contributed by atoms with E-state index in [4.69, 9.17) is 5.11 Å². The molecule has 0 aromatic carbocycles. The van der Waals surface area contributed by atoms with Crippen LogP contribution < -0.4 is 5.56 Å². The van der Waals surface area contributed by atoms with E-state index >= 15 is 0 Å². The van der Waals surface area contributed by atoms with Gasteiger partial charge in [0.1, 0.15) is 0 Å². The van der Waals surface area contributed by atoms with Crippen LogP contribution in [0.25, 0.3) is 4.96 Å². The molecule has 2 aromatic rings. The molecule has 0 bridgehead atoms. The molecule has 128 valence electrons. The highest BCUT2D eigenvalue weighted by Gasteiger charge is 2.27. The fourth-order valence-electron chi connectivity index (χ4n) is 2.70. The number of carbonyl (C=O) groups is 2. The molecule has 2 aromatic heterocycles. The number of aliphatic carboxylic acids is 1. The van der Waals surface area contributed by atoms with Crippen LogP contribution in [0, 0.1) is 5.92 Å². The Bertz CT molecular complexity index is 816. The average molecular weight is 367 g/mol. The van der Waals surface area contributed by atoms with Crippen molar-refractivity contribution in [3.05, 3.63) is 33.7 Å². The predicted octanol–water partition coefficient (Wildman–Crippen LogP) is 1.31. The van der Waals surface area contributed by atoms with Gasteiger partial charge in [-0.3, -0.25) is 18.8 Å². The van der Waals surface area contributed by atoms with Gasteiger partial charge >= 0.3 is 5.97 Å². The van der Waals surface area contributed by atoms with Gasteiger partial charge in [0.15, 0.2) is 4.96 Å². The van der Waals surface area contributed by atoms with E-state index in [1.165, 1.54) is 33.6 Å². The Hall–Kier alpha value is -1.87. The molecular weight excluding hydrogens is 350 g/mol. The fraction of sp³-hybridized carbons (Fsp3) is 0.467. The molecule has 1 aliphatic rings. The van der Waals surface area contributed by atoms with E-state index < -0.39 is 11.9 Å². The van der Waals surface area contributed by atoms with Crippen LogP contribution in [0.3, 0.4) is 0 Å². The zero-order valence-corrected chi connectivity index (χ0v) is 14.5. The summed E-state index contributed by atoms with van der Waals surface area (Å²) >= 11 is 2.79. The molecule has 1 aliphatic heterocycles. The van der Waals surface area contributed by atoms with Gasteiger partial charge in [0.05, 0.1) is 17.4 Å². The Morgan fingerprint density at radius 1 is 1.46 bits per heavy atom. The number of hydrogen-bond donors (Lipinski definition) is 1. The van der Waals surface area contributed by atoms with Gasteiger partial charge in [0.25, 0.3) is 5.56 Å². The van der Waals surface area contributed by atoms with E-state index in [1.54, 1.807) is 16.5 Å². The fourth-order valence-corrected chi connectivity index (χ4v) is 4.26. The second kappa shape index (κ2) is 7.35. The average Bonchev–Trinajstić information content (AvgIpc) is 3.04. The lowest BCUT2D eigenvalue weighted by molar-refractivity contribution is -0.145. The van der Waals surface area contributed by atoms with Crippen molar-refractivity contribution in [1.29, 1.82) is 0 Å². The third-order valence-corrected chi connectivity index (χ3v) is 5.66. The summed E-state index contributed by atoms with van der Waals surface area (Å²) in [4.78, 5) is 41.8. The Balaban J connectivity index is 1.54. The Morgan fingerprint density at radius 2 is 2.29 bits per heavy atom. The lowest BCUT2D eigenvalue weighted by Gasteiger charge is -2.30. The quantitative estimate of drug-likeness (QED) is 0.857. The summed E-state index contributed by atoms with van der Waals surface area (Å²) < 4.78 is 1.49. The van der Waals surface area contributed by atoms with Crippen LogP contribution >= 0.6 is 23.1 Å². The number of aromatic nitrogens is 2. The van der Waals surface area contributed by atoms with Crippen LogP contribution in [-0.4, -0.2) is 50.1 Å². The van der Waals surface area contributed by atoms with Gasteiger partial charge in [-0.15, -0.1) is 23.1 Å². The van der Waals surface area contributed by atoms with E-state index in [9.17, 15) is 14.4 Å². The van der Waals surface area contributed by atoms with Crippen LogP contribution in [0.15, 0.2) is 22.4 Å². The van der Waals surface area contributed by atoms with Crippen molar-refractivity contribution in [2.75, 3.05) is 18.8 Å². The second-order valence-electron chi connectivity index (χ2n) is 5.65. The van der Waals surface area contributed by atoms with Crippen LogP contribution in [0.2, 0.25) is 0 Å². The number of nitrogens with zero attached hydrogens (tertiary/aromatic N) is 3. The van der Waals surface area contributed by atoms with Gasteiger partial charge in [0, 0.05) is 36.5 Å². The van der Waals surface area contributed by atoms with Crippen molar-refractivity contribution in [1.82, 2.24) is 14.3 Å². The first kappa shape index (κ1) is 17.0. The number of piperidine rings is 1. The first-order chi connectivity index (χ1) is 11.5. The minimum atomic E-state index is -0.839. The van der Waals surface area contributed by atoms with Crippen LogP contribution in [-0.2, 0) is 15.3 Å². The molecule has 3 heterocycles. The number of carboxylic acid groups (broad SMARTS) is 1. The van der Waals surface area contributed by atoms with Gasteiger partial charge in [-0.1, -0.05) is 0 Å². The van der Waals surface area contributed by atoms with Crippen molar-refractivity contribution < 1.29 is 14.7 Å². The highest BCUT2D eigenvalue weighted by Crippen LogP contribution is 2.19. The number of carbonyl (C=O) groups excluding carboxylic acids is 1. The van der Waals surface area contributed by atoms with E-state index in [2.05, 4.69) is 4.98 Å². The van der Waals surface area contributed by atoms with Crippen LogP contribution in [0.4, 0.5) is 0 Å². The summed E-state index contributed by atoms with van der Waals surface area (Å²) in [5.74, 6) is -0.617. The molecule has 3 rings (SSSR count). The number of rotatable bonds is 5. The summed E-state index contributed by atoms with van der Waals surface area (Å²) in [7, 11) is 0. The predicted molar refractivity (Wildman–Crippen MR) is 92.4 cm³/mol. The number of thioether (sulfide) groups is 1. The standard InChI is InChI=1S/C15H17N3O4S2/c19-12-6-11(16-15-18(12)4-5-24-15)8-23-9-13(20)17-3-1-2-10(7-17)14(21)22/h4-6,10H,1-3,7-9H2,(H,21,22)/t10-/m0/s1. The summed E-state index contributed by atoms with van der Waals surface area (Å²) in [6.07, 6.45) is 3.03. The third kappa shape index (κ3) is 3.78. The largest absolute Gasteiger partial charge is 0.481 e. The normalized spacial score (nSPS) is 18.0. The zero-order valence-electron chi connectivity index (χ0n) is 12.9. The lowest BCUT2D eigenvalue weighted by atomic mass is 9.98. The molecule has 9 heteroatoms. The first-order valence-electron chi connectivity index (χ1n) is 7.58. The minimum Gasteiger partial charge on any atom is -0.481 e. The van der Waals surface area contributed by atoms with E-state index in [0.29, 0.717) is 29.4 Å². The molecule has 1 amide bonds. The van der Waals surface area contributed by atoms with Crippen LogP contribution in [0.5, 0.6) is 0 Å². The van der Waals surface area contributed by atoms with E-state index in [-0.39, 0.29) is 23.8 Å². The smallest absolute Gasteiger partial charge is 0.308 e. The molecule has 0 saturated carbocycles. The van der Waals surface area contributed by atoms with Crippen molar-refractivity contribution in [3.63, 3.8) is 0 Å². The lowest BCUT2D eigenvalue weighted by Crippen LogP contribution is -2.43. The van der Waals surface area contributed by atoms with Gasteiger partial charge in [-0.25, -0.2) is 4.98 Å². The maximum Gasteiger partial charge on any atom is 0.308 e. The molecule has 0 radical (unpaired) electrons. The summed E-state index contributed by atoms with van der Waals surface area (Å²) in [5, 5.41) is 10.9. The first-order valence-corrected chi connectivity index (χ1v) is 9.62. The highest BCUT2D eigenvalue weighted by atomic mass is 32.2.